The molecular weight excluding hydrogens is 369 g/mol. The normalized spacial score (nSPS) is 20.3. The van der Waals surface area contributed by atoms with Gasteiger partial charge >= 0.3 is 0 Å². The van der Waals surface area contributed by atoms with E-state index in [0.29, 0.717) is 26.3 Å². The van der Waals surface area contributed by atoms with Crippen molar-refractivity contribution in [3.05, 3.63) is 52.9 Å². The Bertz CT molecular complexity index is 883. The van der Waals surface area contributed by atoms with Crippen LogP contribution < -0.4 is 0 Å². The first-order chi connectivity index (χ1) is 12.6. The summed E-state index contributed by atoms with van der Waals surface area (Å²) in [6, 6.07) is 10.0. The number of thioether (sulfide) groups is 1. The maximum atomic E-state index is 13.4. The number of benzene rings is 1. The Morgan fingerprint density at radius 2 is 2.00 bits per heavy atom. The van der Waals surface area contributed by atoms with Gasteiger partial charge in [0, 0.05) is 17.7 Å². The molecule has 1 aromatic heterocycles. The van der Waals surface area contributed by atoms with E-state index >= 15 is 0 Å². The summed E-state index contributed by atoms with van der Waals surface area (Å²) >= 11 is 6.77. The number of furan rings is 1. The highest BCUT2D eigenvalue weighted by molar-refractivity contribution is 8.26. The van der Waals surface area contributed by atoms with Gasteiger partial charge < -0.3 is 4.42 Å². The first-order valence-corrected chi connectivity index (χ1v) is 9.97. The summed E-state index contributed by atoms with van der Waals surface area (Å²) in [6.07, 6.45) is 7.29. The number of hydrogen-bond acceptors (Lipinski definition) is 4. The van der Waals surface area contributed by atoms with Gasteiger partial charge in [-0.3, -0.25) is 9.69 Å². The average Bonchev–Trinajstić information content (AvgIpc) is 3.21. The van der Waals surface area contributed by atoms with Crippen LogP contribution in [-0.2, 0) is 4.79 Å². The summed E-state index contributed by atoms with van der Waals surface area (Å²) in [5.74, 6) is 0.788. The van der Waals surface area contributed by atoms with Crippen LogP contribution in [0, 0.1) is 5.82 Å². The quantitative estimate of drug-likeness (QED) is 0.506. The van der Waals surface area contributed by atoms with Crippen molar-refractivity contribution in [2.75, 3.05) is 0 Å². The molecule has 26 heavy (non-hydrogen) atoms. The van der Waals surface area contributed by atoms with Crippen LogP contribution in [0.4, 0.5) is 4.39 Å². The summed E-state index contributed by atoms with van der Waals surface area (Å²) in [5, 5.41) is 0. The number of carbonyl (C=O) groups excluding carboxylic acids is 1. The van der Waals surface area contributed by atoms with Crippen LogP contribution in [0.15, 0.2) is 45.7 Å². The van der Waals surface area contributed by atoms with Gasteiger partial charge in [-0.05, 0) is 37.1 Å². The zero-order valence-electron chi connectivity index (χ0n) is 14.1. The molecule has 2 aromatic rings. The van der Waals surface area contributed by atoms with Crippen molar-refractivity contribution in [1.29, 1.82) is 0 Å². The second-order valence-corrected chi connectivity index (χ2v) is 8.23. The molecule has 1 saturated carbocycles. The van der Waals surface area contributed by atoms with Crippen LogP contribution in [0.1, 0.15) is 37.9 Å². The molecule has 1 saturated heterocycles. The van der Waals surface area contributed by atoms with Gasteiger partial charge in [-0.1, -0.05) is 55.4 Å². The lowest BCUT2D eigenvalue weighted by atomic mass is 9.94. The van der Waals surface area contributed by atoms with Gasteiger partial charge in [-0.15, -0.1) is 0 Å². The van der Waals surface area contributed by atoms with E-state index in [9.17, 15) is 9.18 Å². The van der Waals surface area contributed by atoms with Crippen LogP contribution in [0.25, 0.3) is 17.4 Å². The van der Waals surface area contributed by atoms with Crippen molar-refractivity contribution in [3.8, 4) is 11.3 Å². The SMILES string of the molecule is O=C1C(=Cc2ccc(-c3cccc(F)c3)o2)SC(=S)N1C1CCCCC1. The van der Waals surface area contributed by atoms with Crippen molar-refractivity contribution in [2.45, 2.75) is 38.1 Å². The number of amides is 1. The minimum Gasteiger partial charge on any atom is -0.457 e. The van der Waals surface area contributed by atoms with E-state index in [2.05, 4.69) is 0 Å². The van der Waals surface area contributed by atoms with Crippen molar-refractivity contribution in [1.82, 2.24) is 4.90 Å². The summed E-state index contributed by atoms with van der Waals surface area (Å²) in [5.41, 5.74) is 0.666. The molecule has 1 aliphatic carbocycles. The fourth-order valence-corrected chi connectivity index (χ4v) is 4.87. The number of halogens is 1. The van der Waals surface area contributed by atoms with Gasteiger partial charge in [0.05, 0.1) is 4.91 Å². The number of carbonyl (C=O) groups is 1. The molecule has 6 heteroatoms. The Morgan fingerprint density at radius 3 is 2.77 bits per heavy atom. The zero-order chi connectivity index (χ0) is 18.1. The van der Waals surface area contributed by atoms with E-state index in [4.69, 9.17) is 16.6 Å². The first kappa shape index (κ1) is 17.5. The van der Waals surface area contributed by atoms with E-state index < -0.39 is 0 Å². The van der Waals surface area contributed by atoms with Crippen molar-refractivity contribution in [2.24, 2.45) is 0 Å². The smallest absolute Gasteiger partial charge is 0.266 e. The van der Waals surface area contributed by atoms with Crippen LogP contribution in [-0.4, -0.2) is 21.2 Å². The standard InChI is InChI=1S/C20H18FNO2S2/c21-14-6-4-5-13(11-14)17-10-9-16(24-17)12-18-19(23)22(20(25)26-18)15-7-2-1-3-8-15/h4-6,9-12,15H,1-3,7-8H2. The summed E-state index contributed by atoms with van der Waals surface area (Å²) in [6.45, 7) is 0. The zero-order valence-corrected chi connectivity index (χ0v) is 15.7. The third kappa shape index (κ3) is 3.48. The van der Waals surface area contributed by atoms with Crippen molar-refractivity contribution in [3.63, 3.8) is 0 Å². The minimum absolute atomic E-state index is 0.0318. The van der Waals surface area contributed by atoms with Gasteiger partial charge in [0.2, 0.25) is 0 Å². The molecule has 0 spiro atoms. The molecule has 0 atom stereocenters. The van der Waals surface area contributed by atoms with Gasteiger partial charge in [0.25, 0.3) is 5.91 Å². The number of hydrogen-bond donors (Lipinski definition) is 0. The minimum atomic E-state index is -0.311. The lowest BCUT2D eigenvalue weighted by molar-refractivity contribution is -0.124. The monoisotopic (exact) mass is 387 g/mol. The number of nitrogens with zero attached hydrogens (tertiary/aromatic N) is 1. The third-order valence-electron chi connectivity index (χ3n) is 4.77. The molecule has 134 valence electrons. The van der Waals surface area contributed by atoms with Gasteiger partial charge in [-0.25, -0.2) is 4.39 Å². The van der Waals surface area contributed by atoms with E-state index in [1.807, 2.05) is 0 Å². The molecule has 2 fully saturated rings. The summed E-state index contributed by atoms with van der Waals surface area (Å²) in [7, 11) is 0. The molecule has 1 aliphatic heterocycles. The molecule has 0 bridgehead atoms. The summed E-state index contributed by atoms with van der Waals surface area (Å²) in [4.78, 5) is 15.2. The summed E-state index contributed by atoms with van der Waals surface area (Å²) < 4.78 is 19.8. The predicted octanol–water partition coefficient (Wildman–Crippen LogP) is 5.62. The van der Waals surface area contributed by atoms with Gasteiger partial charge in [0.1, 0.15) is 21.7 Å². The highest BCUT2D eigenvalue weighted by Gasteiger charge is 2.37. The van der Waals surface area contributed by atoms with Crippen LogP contribution in [0.3, 0.4) is 0 Å². The molecule has 0 radical (unpaired) electrons. The van der Waals surface area contributed by atoms with E-state index in [1.165, 1.54) is 30.3 Å². The largest absolute Gasteiger partial charge is 0.457 e. The topological polar surface area (TPSA) is 33.5 Å². The molecule has 1 aromatic carbocycles. The van der Waals surface area contributed by atoms with Gasteiger partial charge in [0.15, 0.2) is 0 Å². The molecule has 1 amide bonds. The Hall–Kier alpha value is -1.92. The maximum absolute atomic E-state index is 13.4. The highest BCUT2D eigenvalue weighted by atomic mass is 32.2. The fourth-order valence-electron chi connectivity index (χ4n) is 3.49. The predicted molar refractivity (Wildman–Crippen MR) is 106 cm³/mol. The van der Waals surface area contributed by atoms with Crippen LogP contribution >= 0.6 is 24.0 Å². The third-order valence-corrected chi connectivity index (χ3v) is 6.10. The second-order valence-electron chi connectivity index (χ2n) is 6.56. The Morgan fingerprint density at radius 1 is 1.19 bits per heavy atom. The first-order valence-electron chi connectivity index (χ1n) is 8.75. The number of thiocarbonyl (C=S) groups is 1. The second kappa shape index (κ2) is 7.37. The Kier molecular flexibility index (Phi) is 4.96. The molecular formula is C20H18FNO2S2. The average molecular weight is 388 g/mol. The fraction of sp³-hybridized carbons (Fsp3) is 0.300. The molecule has 0 unspecified atom stereocenters. The molecule has 2 aliphatic rings. The van der Waals surface area contributed by atoms with Crippen LogP contribution in [0.5, 0.6) is 0 Å². The lowest BCUT2D eigenvalue weighted by Crippen LogP contribution is -2.39. The van der Waals surface area contributed by atoms with E-state index in [1.54, 1.807) is 35.2 Å². The Balaban J connectivity index is 1.55. The maximum Gasteiger partial charge on any atom is 0.266 e. The van der Waals surface area contributed by atoms with E-state index in [-0.39, 0.29) is 17.8 Å². The molecule has 0 N–H and O–H groups in total. The number of rotatable bonds is 3. The van der Waals surface area contributed by atoms with Crippen molar-refractivity contribution >= 4 is 40.3 Å². The van der Waals surface area contributed by atoms with Crippen LogP contribution in [0.2, 0.25) is 0 Å². The van der Waals surface area contributed by atoms with E-state index in [0.717, 1.165) is 25.7 Å². The molecule has 3 nitrogen and oxygen atoms in total. The highest BCUT2D eigenvalue weighted by Crippen LogP contribution is 2.37. The lowest BCUT2D eigenvalue weighted by Gasteiger charge is -2.29. The Labute approximate surface area is 161 Å². The molecule has 2 heterocycles. The van der Waals surface area contributed by atoms with Gasteiger partial charge in [-0.2, -0.15) is 0 Å². The molecule has 4 rings (SSSR count). The van der Waals surface area contributed by atoms with Crippen molar-refractivity contribution < 1.29 is 13.6 Å².